The van der Waals surface area contributed by atoms with E-state index in [9.17, 15) is 13.2 Å². The molecule has 2 saturated heterocycles. The molecule has 1 aromatic carbocycles. The maximum Gasteiger partial charge on any atom is 0.272 e. The number of anilines is 1. The molecule has 0 saturated carbocycles. The second kappa shape index (κ2) is 11.6. The number of halogens is 1. The lowest BCUT2D eigenvalue weighted by atomic mass is 9.97. The Balaban J connectivity index is 1.12. The van der Waals surface area contributed by atoms with Crippen LogP contribution in [0.15, 0.2) is 24.5 Å². The van der Waals surface area contributed by atoms with Crippen molar-refractivity contribution in [1.82, 2.24) is 24.1 Å². The number of aromatic nitrogens is 2. The topological polar surface area (TPSA) is 108 Å². The summed E-state index contributed by atoms with van der Waals surface area (Å²) in [5, 5.41) is 4.05. The molecule has 1 N–H and O–H groups in total. The summed E-state index contributed by atoms with van der Waals surface area (Å²) < 4.78 is 31.3. The van der Waals surface area contributed by atoms with Gasteiger partial charge in [0.15, 0.2) is 0 Å². The van der Waals surface area contributed by atoms with E-state index in [4.69, 9.17) is 16.3 Å². The molecule has 1 amide bonds. The normalized spacial score (nSPS) is 21.2. The molecule has 4 heterocycles. The van der Waals surface area contributed by atoms with Gasteiger partial charge in [-0.05, 0) is 69.5 Å². The minimum atomic E-state index is -3.17. The molecule has 5 rings (SSSR count). The monoisotopic (exact) mass is 576 g/mol. The lowest BCUT2D eigenvalue weighted by molar-refractivity contribution is 0.0542. The zero-order chi connectivity index (χ0) is 27.7. The highest BCUT2D eigenvalue weighted by atomic mass is 35.5. The number of sulfonamides is 1. The number of rotatable bonds is 7. The fourth-order valence-corrected chi connectivity index (χ4v) is 6.87. The molecule has 1 atom stereocenters. The zero-order valence-corrected chi connectivity index (χ0v) is 24.3. The van der Waals surface area contributed by atoms with Crippen LogP contribution in [-0.2, 0) is 16.4 Å². The minimum Gasteiger partial charge on any atom is -0.488 e. The van der Waals surface area contributed by atoms with Gasteiger partial charge in [-0.2, -0.15) is 0 Å². The van der Waals surface area contributed by atoms with E-state index in [0.717, 1.165) is 62.1 Å². The first-order valence-electron chi connectivity index (χ1n) is 13.6. The number of amides is 1. The second-order valence-electron chi connectivity index (χ2n) is 10.8. The number of piperidine rings is 2. The maximum absolute atomic E-state index is 13.4. The number of fused-ring (bicyclic) bond motifs is 1. The van der Waals surface area contributed by atoms with Gasteiger partial charge in [-0.3, -0.25) is 4.79 Å². The van der Waals surface area contributed by atoms with Crippen molar-refractivity contribution < 1.29 is 17.9 Å². The van der Waals surface area contributed by atoms with Crippen LogP contribution in [0.25, 0.3) is 0 Å². The van der Waals surface area contributed by atoms with E-state index in [1.807, 2.05) is 30.0 Å². The van der Waals surface area contributed by atoms with Crippen LogP contribution in [0.2, 0.25) is 5.02 Å². The number of ether oxygens (including phenoxy) is 1. The van der Waals surface area contributed by atoms with Crippen LogP contribution in [0.3, 0.4) is 0 Å². The number of likely N-dealkylation sites (tertiary alicyclic amines) is 2. The molecule has 2 fully saturated rings. The summed E-state index contributed by atoms with van der Waals surface area (Å²) in [7, 11) is -1.50. The minimum absolute atomic E-state index is 0.0390. The number of nitrogens with one attached hydrogen (secondary N) is 1. The molecule has 0 aliphatic carbocycles. The van der Waals surface area contributed by atoms with Gasteiger partial charge in [0.25, 0.3) is 5.91 Å². The van der Waals surface area contributed by atoms with Gasteiger partial charge >= 0.3 is 0 Å². The third-order valence-corrected chi connectivity index (χ3v) is 9.93. The third kappa shape index (κ3) is 6.32. The molecule has 39 heavy (non-hydrogen) atoms. The molecule has 0 bridgehead atoms. The van der Waals surface area contributed by atoms with Crippen LogP contribution in [0.4, 0.5) is 5.82 Å². The van der Waals surface area contributed by atoms with Gasteiger partial charge in [-0.1, -0.05) is 11.6 Å². The van der Waals surface area contributed by atoms with Crippen molar-refractivity contribution in [2.75, 3.05) is 51.3 Å². The number of hydrogen-bond donors (Lipinski definition) is 1. The van der Waals surface area contributed by atoms with Crippen molar-refractivity contribution in [2.24, 2.45) is 0 Å². The second-order valence-corrected chi connectivity index (χ2v) is 13.3. The number of carbonyl (C=O) groups excluding carboxylic acids is 1. The Morgan fingerprint density at radius 3 is 2.56 bits per heavy atom. The molecule has 1 unspecified atom stereocenters. The Morgan fingerprint density at radius 2 is 1.87 bits per heavy atom. The Bertz CT molecular complexity index is 1310. The van der Waals surface area contributed by atoms with Crippen LogP contribution in [0, 0.1) is 6.92 Å². The van der Waals surface area contributed by atoms with Crippen LogP contribution >= 0.6 is 11.6 Å². The van der Waals surface area contributed by atoms with Crippen molar-refractivity contribution in [3.05, 3.63) is 46.4 Å². The molecule has 10 nitrogen and oxygen atoms in total. The van der Waals surface area contributed by atoms with Gasteiger partial charge in [0.2, 0.25) is 10.0 Å². The molecule has 212 valence electrons. The quantitative estimate of drug-likeness (QED) is 0.536. The van der Waals surface area contributed by atoms with E-state index in [-0.39, 0.29) is 18.1 Å². The van der Waals surface area contributed by atoms with Crippen molar-refractivity contribution in [2.45, 2.75) is 57.2 Å². The molecule has 3 aliphatic heterocycles. The van der Waals surface area contributed by atoms with Gasteiger partial charge in [0, 0.05) is 49.2 Å². The highest BCUT2D eigenvalue weighted by Crippen LogP contribution is 2.31. The number of carbonyl (C=O) groups is 1. The maximum atomic E-state index is 13.4. The van der Waals surface area contributed by atoms with Gasteiger partial charge in [0.1, 0.15) is 29.7 Å². The predicted octanol–water partition coefficient (Wildman–Crippen LogP) is 2.81. The zero-order valence-electron chi connectivity index (χ0n) is 22.8. The molecular formula is C27H37ClN6O4S. The molecular weight excluding hydrogens is 540 g/mol. The van der Waals surface area contributed by atoms with Gasteiger partial charge in [-0.15, -0.1) is 0 Å². The predicted molar refractivity (Wildman–Crippen MR) is 151 cm³/mol. The number of benzene rings is 1. The van der Waals surface area contributed by atoms with E-state index in [1.54, 1.807) is 7.05 Å². The van der Waals surface area contributed by atoms with E-state index in [1.165, 1.54) is 16.9 Å². The number of hydrogen-bond acceptors (Lipinski definition) is 8. The molecule has 3 aliphatic rings. The Morgan fingerprint density at radius 1 is 1.15 bits per heavy atom. The first-order valence-corrected chi connectivity index (χ1v) is 15.8. The summed E-state index contributed by atoms with van der Waals surface area (Å²) in [4.78, 5) is 26.5. The first-order chi connectivity index (χ1) is 18.6. The first kappa shape index (κ1) is 28.1. The summed E-state index contributed by atoms with van der Waals surface area (Å²) in [5.74, 6) is 1.43. The van der Waals surface area contributed by atoms with Crippen molar-refractivity contribution in [3.63, 3.8) is 0 Å². The van der Waals surface area contributed by atoms with Crippen molar-refractivity contribution in [1.29, 1.82) is 0 Å². The molecule has 12 heteroatoms. The summed E-state index contributed by atoms with van der Waals surface area (Å²) in [6.45, 7) is 5.55. The van der Waals surface area contributed by atoms with E-state index >= 15 is 0 Å². The van der Waals surface area contributed by atoms with E-state index < -0.39 is 10.0 Å². The Hall–Kier alpha value is -2.47. The van der Waals surface area contributed by atoms with Crippen LogP contribution in [0.5, 0.6) is 5.75 Å². The highest BCUT2D eigenvalue weighted by Gasteiger charge is 2.33. The molecule has 0 spiro atoms. The SMILES string of the molecule is Cc1c(NCC2Cc3cc(Cl)ccc3O2)ncnc1C(=O)N1CCC(N2CCC(N(C)S(C)(=O)=O)CC2)CC1. The summed E-state index contributed by atoms with van der Waals surface area (Å²) in [5.41, 5.74) is 2.26. The van der Waals surface area contributed by atoms with Crippen LogP contribution in [-0.4, -0.2) is 103 Å². The van der Waals surface area contributed by atoms with E-state index in [0.29, 0.717) is 42.2 Å². The van der Waals surface area contributed by atoms with E-state index in [2.05, 4.69) is 20.2 Å². The average molecular weight is 577 g/mol. The molecule has 1 aromatic heterocycles. The number of nitrogens with zero attached hydrogens (tertiary/aromatic N) is 5. The lowest BCUT2D eigenvalue weighted by Crippen LogP contribution is -2.52. The van der Waals surface area contributed by atoms with Gasteiger partial charge < -0.3 is 19.9 Å². The fraction of sp³-hybridized carbons (Fsp3) is 0.593. The van der Waals surface area contributed by atoms with Crippen LogP contribution < -0.4 is 10.1 Å². The smallest absolute Gasteiger partial charge is 0.272 e. The average Bonchev–Trinajstić information content (AvgIpc) is 3.33. The molecule has 2 aromatic rings. The van der Waals surface area contributed by atoms with Gasteiger partial charge in [0.05, 0.1) is 12.8 Å². The molecule has 0 radical (unpaired) electrons. The Kier molecular flexibility index (Phi) is 8.32. The van der Waals surface area contributed by atoms with Crippen LogP contribution in [0.1, 0.15) is 47.3 Å². The third-order valence-electron chi connectivity index (χ3n) is 8.35. The standard InChI is InChI=1S/C27H37ClN6O4S/c1-18-25(30-17-31-26(18)29-16-23-15-19-14-20(28)4-5-24(19)38-23)27(35)34-12-8-22(9-13-34)33-10-6-21(7-11-33)32(2)39(3,36)37/h4-5,14,17,21-23H,6-13,15-16H2,1-3H3,(H,29,30,31). The van der Waals surface area contributed by atoms with Gasteiger partial charge in [-0.25, -0.2) is 22.7 Å². The summed E-state index contributed by atoms with van der Waals surface area (Å²) in [6.07, 6.45) is 6.91. The fourth-order valence-electron chi connectivity index (χ4n) is 5.93. The summed E-state index contributed by atoms with van der Waals surface area (Å²) >= 11 is 6.11. The highest BCUT2D eigenvalue weighted by molar-refractivity contribution is 7.88. The summed E-state index contributed by atoms with van der Waals surface area (Å²) in [6, 6.07) is 6.14. The van der Waals surface area contributed by atoms with Crippen molar-refractivity contribution in [3.8, 4) is 5.75 Å². The lowest BCUT2D eigenvalue weighted by Gasteiger charge is -2.43. The largest absolute Gasteiger partial charge is 0.488 e. The Labute approximate surface area is 235 Å². The van der Waals surface area contributed by atoms with Crippen molar-refractivity contribution >= 4 is 33.3 Å².